The number of allylic oxidation sites excluding steroid dienone is 20. The molecule has 0 amide bonds. The smallest absolute Gasteiger partial charge is 0.462 e. The van der Waals surface area contributed by atoms with E-state index < -0.39 is 57.8 Å². The number of phosphoric acid groups is 1. The Hall–Kier alpha value is -4.12. The lowest BCUT2D eigenvalue weighted by atomic mass is 10.1. The molecule has 0 aromatic rings. The molecule has 0 saturated carbocycles. The maximum atomic E-state index is 12.9. The van der Waals surface area contributed by atoms with Crippen LogP contribution in [-0.4, -0.2) is 66.5 Å². The van der Waals surface area contributed by atoms with Crippen LogP contribution in [0.1, 0.15) is 226 Å². The van der Waals surface area contributed by atoms with E-state index in [1.54, 1.807) is 0 Å². The van der Waals surface area contributed by atoms with Crippen LogP contribution in [0.25, 0.3) is 0 Å². The highest BCUT2D eigenvalue weighted by Gasteiger charge is 2.28. The van der Waals surface area contributed by atoms with Crippen molar-refractivity contribution in [2.75, 3.05) is 26.4 Å². The second-order valence-corrected chi connectivity index (χ2v) is 20.5. The van der Waals surface area contributed by atoms with Crippen LogP contribution < -0.4 is 0 Å². The van der Waals surface area contributed by atoms with Gasteiger partial charge >= 0.3 is 25.7 Å². The molecule has 0 aromatic carbocycles. The minimum atomic E-state index is -4.78. The first-order chi connectivity index (χ1) is 37.2. The van der Waals surface area contributed by atoms with Crippen molar-refractivity contribution in [1.29, 1.82) is 0 Å². The van der Waals surface area contributed by atoms with Gasteiger partial charge in [0.25, 0.3) is 0 Å². The van der Waals surface area contributed by atoms with E-state index in [-0.39, 0.29) is 25.9 Å². The van der Waals surface area contributed by atoms with Crippen LogP contribution in [-0.2, 0) is 42.2 Å². The summed E-state index contributed by atoms with van der Waals surface area (Å²) in [4.78, 5) is 48.5. The third kappa shape index (κ3) is 54.7. The Labute approximate surface area is 462 Å². The normalized spacial score (nSPS) is 14.2. The second kappa shape index (κ2) is 57.1. The van der Waals surface area contributed by atoms with Crippen molar-refractivity contribution in [2.24, 2.45) is 0 Å². The highest BCUT2D eigenvalue weighted by molar-refractivity contribution is 7.47. The Morgan fingerprint density at radius 3 is 1.11 bits per heavy atom. The number of aliphatic hydroxyl groups is 1. The molecule has 3 atom stereocenters. The predicted molar refractivity (Wildman–Crippen MR) is 316 cm³/mol. The van der Waals surface area contributed by atoms with Gasteiger partial charge in [0.2, 0.25) is 0 Å². The zero-order chi connectivity index (χ0) is 55.5. The van der Waals surface area contributed by atoms with E-state index in [1.165, 1.54) is 38.5 Å². The lowest BCUT2D eigenvalue weighted by Crippen LogP contribution is -2.30. The number of ether oxygens (including phenoxy) is 3. The largest absolute Gasteiger partial charge is 0.472 e. The second-order valence-electron chi connectivity index (χ2n) is 19.0. The van der Waals surface area contributed by atoms with Crippen molar-refractivity contribution in [3.8, 4) is 0 Å². The molecule has 0 bridgehead atoms. The molecule has 12 heteroatoms. The Bertz CT molecular complexity index is 1740. The third-order valence-electron chi connectivity index (χ3n) is 11.9. The Kier molecular flexibility index (Phi) is 54.0. The van der Waals surface area contributed by atoms with Crippen LogP contribution in [0.2, 0.25) is 0 Å². The highest BCUT2D eigenvalue weighted by Crippen LogP contribution is 2.43. The standard InChI is InChI=1S/C64H105O11P/c1-4-7-10-13-16-19-22-25-27-29-30-32-34-37-40-43-46-49-52-55-64(68)75-61(57-71-62(66)53-50-47-44-41-38-35-24-21-18-15-12-9-6-3)59-73-76(69,70)72-58-60(56-65)74-63(67)54-51-48-45-42-39-36-33-31-28-26-23-20-17-14-11-8-5-2/h7,9-10,12,16-21,25-28,30,32,35,38,44,47,60-61,65H,4-6,8,11,13-15,22-24,29,31,33-34,36-37,39-43,45-46,48-59H2,1-3H3,(H,69,70)/b10-7-,12-9-,19-16-,20-17-,21-18-,27-25-,28-26-,32-30-,38-35-,47-44-. The number of carbonyl (C=O) groups is 3. The maximum Gasteiger partial charge on any atom is 0.472 e. The minimum Gasteiger partial charge on any atom is -0.462 e. The van der Waals surface area contributed by atoms with E-state index in [0.29, 0.717) is 19.3 Å². The molecular weight excluding hydrogens is 976 g/mol. The number of hydrogen-bond donors (Lipinski definition) is 2. The van der Waals surface area contributed by atoms with Crippen molar-refractivity contribution in [3.63, 3.8) is 0 Å². The number of carbonyl (C=O) groups excluding carboxylic acids is 3. The minimum absolute atomic E-state index is 0.0955. The summed E-state index contributed by atoms with van der Waals surface area (Å²) >= 11 is 0. The van der Waals surface area contributed by atoms with E-state index in [0.717, 1.165) is 128 Å². The van der Waals surface area contributed by atoms with Gasteiger partial charge in [-0.05, 0) is 116 Å². The molecule has 2 N–H and O–H groups in total. The van der Waals surface area contributed by atoms with Gasteiger partial charge in [-0.25, -0.2) is 4.57 Å². The Balaban J connectivity index is 4.79. The van der Waals surface area contributed by atoms with Crippen molar-refractivity contribution < 1.29 is 52.2 Å². The SMILES string of the molecule is CC/C=C\C/C=C\C/C=C\C/C=C\CCCCCCCCC(=O)OC(COC(=O)CC/C=C\C/C=C\C/C=C\C/C=C\CC)COP(=O)(O)OCC(CO)OC(=O)CCCCCCCCC/C=C\C/C=C\CCCCC. The number of phosphoric ester groups is 1. The number of rotatable bonds is 53. The van der Waals surface area contributed by atoms with Crippen LogP contribution in [0.3, 0.4) is 0 Å². The quantitative estimate of drug-likeness (QED) is 0.0197. The van der Waals surface area contributed by atoms with Crippen LogP contribution in [0.15, 0.2) is 122 Å². The third-order valence-corrected chi connectivity index (χ3v) is 12.8. The first-order valence-electron chi connectivity index (χ1n) is 29.4. The summed E-state index contributed by atoms with van der Waals surface area (Å²) in [7, 11) is -4.78. The number of aliphatic hydroxyl groups excluding tert-OH is 1. The van der Waals surface area contributed by atoms with Gasteiger partial charge < -0.3 is 24.2 Å². The average molecular weight is 1080 g/mol. The van der Waals surface area contributed by atoms with Crippen LogP contribution in [0, 0.1) is 0 Å². The molecule has 0 saturated heterocycles. The van der Waals surface area contributed by atoms with Crippen molar-refractivity contribution in [1.82, 2.24) is 0 Å². The lowest BCUT2D eigenvalue weighted by molar-refractivity contribution is -0.161. The van der Waals surface area contributed by atoms with E-state index in [2.05, 4.69) is 130 Å². The average Bonchev–Trinajstić information content (AvgIpc) is 3.41. The molecule has 0 heterocycles. The van der Waals surface area contributed by atoms with Crippen LogP contribution in [0.5, 0.6) is 0 Å². The fourth-order valence-electron chi connectivity index (χ4n) is 7.45. The highest BCUT2D eigenvalue weighted by atomic mass is 31.2. The molecule has 0 radical (unpaired) electrons. The van der Waals surface area contributed by atoms with E-state index in [9.17, 15) is 28.9 Å². The van der Waals surface area contributed by atoms with Gasteiger partial charge in [0.1, 0.15) is 12.7 Å². The van der Waals surface area contributed by atoms with Gasteiger partial charge in [-0.2, -0.15) is 0 Å². The fourth-order valence-corrected chi connectivity index (χ4v) is 8.23. The van der Waals surface area contributed by atoms with Crippen molar-refractivity contribution in [2.45, 2.75) is 238 Å². The molecule has 0 fully saturated rings. The van der Waals surface area contributed by atoms with Crippen molar-refractivity contribution in [3.05, 3.63) is 122 Å². The topological polar surface area (TPSA) is 155 Å². The number of esters is 3. The summed E-state index contributed by atoms with van der Waals surface area (Å²) in [5.74, 6) is -1.60. The van der Waals surface area contributed by atoms with E-state index >= 15 is 0 Å². The summed E-state index contributed by atoms with van der Waals surface area (Å²) in [5.41, 5.74) is 0. The first-order valence-corrected chi connectivity index (χ1v) is 30.9. The first kappa shape index (κ1) is 71.9. The summed E-state index contributed by atoms with van der Waals surface area (Å²) in [6.07, 6.45) is 70.3. The predicted octanol–water partition coefficient (Wildman–Crippen LogP) is 17.6. The lowest BCUT2D eigenvalue weighted by Gasteiger charge is -2.21. The summed E-state index contributed by atoms with van der Waals surface area (Å²) in [5, 5.41) is 9.83. The molecule has 0 aromatic heterocycles. The molecular formula is C64H105O11P. The Morgan fingerprint density at radius 1 is 0.382 bits per heavy atom. The van der Waals surface area contributed by atoms with Gasteiger partial charge in [0.05, 0.1) is 19.8 Å². The number of hydrogen-bond acceptors (Lipinski definition) is 10. The molecule has 0 aliphatic rings. The number of unbranched alkanes of at least 4 members (excludes halogenated alkanes) is 16. The summed E-state index contributed by atoms with van der Waals surface area (Å²) in [6, 6.07) is 0. The zero-order valence-corrected chi connectivity index (χ0v) is 48.6. The van der Waals surface area contributed by atoms with Crippen molar-refractivity contribution >= 4 is 25.7 Å². The molecule has 432 valence electrons. The molecule has 0 rings (SSSR count). The molecule has 3 unspecified atom stereocenters. The molecule has 0 spiro atoms. The fraction of sp³-hybridized carbons (Fsp3) is 0.641. The Morgan fingerprint density at radius 2 is 0.711 bits per heavy atom. The van der Waals surface area contributed by atoms with Crippen LogP contribution >= 0.6 is 7.82 Å². The van der Waals surface area contributed by atoms with Gasteiger partial charge in [-0.15, -0.1) is 0 Å². The monoisotopic (exact) mass is 1080 g/mol. The van der Waals surface area contributed by atoms with Gasteiger partial charge in [-0.3, -0.25) is 23.4 Å². The summed E-state index contributed by atoms with van der Waals surface area (Å²) < 4.78 is 39.4. The van der Waals surface area contributed by atoms with Gasteiger partial charge in [-0.1, -0.05) is 213 Å². The maximum absolute atomic E-state index is 12.9. The van der Waals surface area contributed by atoms with Crippen LogP contribution in [0.4, 0.5) is 0 Å². The van der Waals surface area contributed by atoms with E-state index in [1.807, 2.05) is 12.2 Å². The molecule has 76 heavy (non-hydrogen) atoms. The summed E-state index contributed by atoms with van der Waals surface area (Å²) in [6.45, 7) is 4.27. The van der Waals surface area contributed by atoms with Gasteiger partial charge in [0.15, 0.2) is 6.10 Å². The molecule has 0 aliphatic carbocycles. The molecule has 11 nitrogen and oxygen atoms in total. The van der Waals surface area contributed by atoms with E-state index in [4.69, 9.17) is 23.3 Å². The molecule has 0 aliphatic heterocycles. The zero-order valence-electron chi connectivity index (χ0n) is 47.7. The van der Waals surface area contributed by atoms with Gasteiger partial charge in [0, 0.05) is 19.3 Å².